The molecule has 0 radical (unpaired) electrons. The van der Waals surface area contributed by atoms with Gasteiger partial charge < -0.3 is 0 Å². The summed E-state index contributed by atoms with van der Waals surface area (Å²) in [6.07, 6.45) is 0.718. The Morgan fingerprint density at radius 2 is 2.05 bits per heavy atom. The van der Waals surface area contributed by atoms with E-state index in [0.29, 0.717) is 22.2 Å². The molecule has 0 unspecified atom stereocenters. The summed E-state index contributed by atoms with van der Waals surface area (Å²) in [6.45, 7) is 4.92. The van der Waals surface area contributed by atoms with E-state index in [1.165, 1.54) is 30.3 Å². The van der Waals surface area contributed by atoms with Gasteiger partial charge in [-0.2, -0.15) is 4.37 Å². The lowest BCUT2D eigenvalue weighted by molar-refractivity contribution is -0.115. The van der Waals surface area contributed by atoms with Crippen molar-refractivity contribution in [3.05, 3.63) is 35.7 Å². The maximum absolute atomic E-state index is 11.9. The minimum atomic E-state index is -0.162. The highest BCUT2D eigenvalue weighted by molar-refractivity contribution is 7.10. The van der Waals surface area contributed by atoms with Gasteiger partial charge in [-0.05, 0) is 19.1 Å². The summed E-state index contributed by atoms with van der Waals surface area (Å²) in [5.41, 5.74) is 1.19. The zero-order valence-electron chi connectivity index (χ0n) is 11.6. The summed E-state index contributed by atoms with van der Waals surface area (Å²) < 4.78 is 4.19. The second-order valence-corrected chi connectivity index (χ2v) is 5.04. The van der Waals surface area contributed by atoms with E-state index in [0.717, 1.165) is 6.42 Å². The molecule has 20 heavy (non-hydrogen) atoms. The van der Waals surface area contributed by atoms with Gasteiger partial charge >= 0.3 is 0 Å². The Labute approximate surface area is 121 Å². The Balaban J connectivity index is 2.45. The van der Waals surface area contributed by atoms with Gasteiger partial charge in [-0.25, -0.2) is 4.98 Å². The molecule has 1 heterocycles. The lowest BCUT2D eigenvalue weighted by Gasteiger charge is -2.17. The molecule has 1 amide bonds. The third kappa shape index (κ3) is 2.91. The molecule has 0 aliphatic heterocycles. The smallest absolute Gasteiger partial charge is 0.230 e. The molecule has 1 aromatic heterocycles. The topological polar surface area (TPSA) is 63.2 Å². The average Bonchev–Trinajstić information content (AvgIpc) is 2.87. The zero-order chi connectivity index (χ0) is 14.7. The minimum Gasteiger partial charge on any atom is -0.295 e. The van der Waals surface area contributed by atoms with E-state index in [9.17, 15) is 9.59 Å². The van der Waals surface area contributed by atoms with Gasteiger partial charge in [0.2, 0.25) is 11.0 Å². The fraction of sp³-hybridized carbons (Fsp3) is 0.286. The molecule has 0 fully saturated rings. The fourth-order valence-electron chi connectivity index (χ4n) is 1.77. The van der Waals surface area contributed by atoms with Crippen LogP contribution >= 0.6 is 11.5 Å². The van der Waals surface area contributed by atoms with Gasteiger partial charge in [0.1, 0.15) is 5.82 Å². The maximum Gasteiger partial charge on any atom is 0.230 e. The van der Waals surface area contributed by atoms with Crippen molar-refractivity contribution in [3.8, 4) is 0 Å². The zero-order valence-corrected chi connectivity index (χ0v) is 12.4. The van der Waals surface area contributed by atoms with Crippen LogP contribution in [0, 0.1) is 0 Å². The Kier molecular flexibility index (Phi) is 4.24. The predicted octanol–water partition coefficient (Wildman–Crippen LogP) is 2.99. The SMILES string of the molecule is CCc1nsc(N(C(C)=O)c2cccc(C(C)=O)c2)n1. The highest BCUT2D eigenvalue weighted by Crippen LogP contribution is 2.28. The molecule has 2 rings (SSSR count). The summed E-state index contributed by atoms with van der Waals surface area (Å²) in [7, 11) is 0. The van der Waals surface area contributed by atoms with Crippen LogP contribution < -0.4 is 4.90 Å². The number of carbonyl (C=O) groups is 2. The van der Waals surface area contributed by atoms with Crippen LogP contribution in [0.1, 0.15) is 37.0 Å². The van der Waals surface area contributed by atoms with Crippen molar-refractivity contribution in [2.75, 3.05) is 4.90 Å². The summed E-state index contributed by atoms with van der Waals surface area (Å²) in [6, 6.07) is 6.95. The first-order valence-electron chi connectivity index (χ1n) is 6.27. The van der Waals surface area contributed by atoms with Crippen LogP contribution in [0.4, 0.5) is 10.8 Å². The lowest BCUT2D eigenvalue weighted by Crippen LogP contribution is -2.22. The second kappa shape index (κ2) is 5.92. The molecule has 1 aromatic carbocycles. The molecule has 2 aromatic rings. The van der Waals surface area contributed by atoms with Crippen LogP contribution in [0.2, 0.25) is 0 Å². The third-order valence-electron chi connectivity index (χ3n) is 2.79. The summed E-state index contributed by atoms with van der Waals surface area (Å²) in [5, 5.41) is 0.523. The molecule has 0 bridgehead atoms. The van der Waals surface area contributed by atoms with E-state index < -0.39 is 0 Å². The average molecular weight is 289 g/mol. The van der Waals surface area contributed by atoms with Gasteiger partial charge in [0.15, 0.2) is 5.78 Å². The normalized spacial score (nSPS) is 10.3. The Morgan fingerprint density at radius 1 is 1.30 bits per heavy atom. The molecule has 0 aliphatic rings. The van der Waals surface area contributed by atoms with Gasteiger partial charge in [0, 0.05) is 30.4 Å². The quantitative estimate of drug-likeness (QED) is 0.812. The molecule has 0 saturated carbocycles. The Hall–Kier alpha value is -2.08. The van der Waals surface area contributed by atoms with Crippen LogP contribution in [0.5, 0.6) is 0 Å². The Bertz CT molecular complexity index is 651. The Morgan fingerprint density at radius 3 is 2.60 bits per heavy atom. The fourth-order valence-corrected chi connectivity index (χ4v) is 2.59. The van der Waals surface area contributed by atoms with E-state index in [2.05, 4.69) is 9.36 Å². The van der Waals surface area contributed by atoms with Crippen molar-refractivity contribution < 1.29 is 9.59 Å². The van der Waals surface area contributed by atoms with Gasteiger partial charge in [0.05, 0.1) is 5.69 Å². The molecule has 6 heteroatoms. The van der Waals surface area contributed by atoms with Gasteiger partial charge in [-0.3, -0.25) is 14.5 Å². The van der Waals surface area contributed by atoms with Gasteiger partial charge in [-0.15, -0.1) is 0 Å². The van der Waals surface area contributed by atoms with Gasteiger partial charge in [0.25, 0.3) is 0 Å². The number of ketones is 1. The van der Waals surface area contributed by atoms with E-state index in [-0.39, 0.29) is 11.7 Å². The number of rotatable bonds is 4. The second-order valence-electron chi connectivity index (χ2n) is 4.31. The van der Waals surface area contributed by atoms with Crippen LogP contribution in [-0.2, 0) is 11.2 Å². The number of aromatic nitrogens is 2. The molecule has 0 N–H and O–H groups in total. The van der Waals surface area contributed by atoms with E-state index >= 15 is 0 Å². The monoisotopic (exact) mass is 289 g/mol. The molecule has 0 spiro atoms. The predicted molar refractivity (Wildman–Crippen MR) is 78.6 cm³/mol. The highest BCUT2D eigenvalue weighted by atomic mass is 32.1. The molecule has 0 atom stereocenters. The summed E-state index contributed by atoms with van der Waals surface area (Å²) in [4.78, 5) is 29.2. The van der Waals surface area contributed by atoms with Crippen LogP contribution in [0.3, 0.4) is 0 Å². The third-order valence-corrected chi connectivity index (χ3v) is 3.53. The van der Waals surface area contributed by atoms with Crippen LogP contribution in [0.15, 0.2) is 24.3 Å². The number of anilines is 2. The van der Waals surface area contributed by atoms with Gasteiger partial charge in [-0.1, -0.05) is 19.1 Å². The standard InChI is InChI=1S/C14H15N3O2S/c1-4-13-15-14(20-16-13)17(10(3)19)12-7-5-6-11(8-12)9(2)18/h5-8H,4H2,1-3H3. The number of amides is 1. The number of Topliss-reactive ketones (excluding diaryl/α,β-unsaturated/α-hetero) is 1. The summed E-state index contributed by atoms with van der Waals surface area (Å²) >= 11 is 1.18. The highest BCUT2D eigenvalue weighted by Gasteiger charge is 2.19. The first-order chi connectivity index (χ1) is 9.52. The number of aryl methyl sites for hydroxylation is 1. The van der Waals surface area contributed by atoms with Crippen molar-refractivity contribution in [3.63, 3.8) is 0 Å². The molecule has 0 saturated heterocycles. The van der Waals surface area contributed by atoms with Crippen LogP contribution in [-0.4, -0.2) is 21.0 Å². The molecular formula is C14H15N3O2S. The number of carbonyl (C=O) groups excluding carboxylic acids is 2. The molecular weight excluding hydrogens is 274 g/mol. The summed E-state index contributed by atoms with van der Waals surface area (Å²) in [5.74, 6) is 0.505. The van der Waals surface area contributed by atoms with Crippen molar-refractivity contribution in [2.24, 2.45) is 0 Å². The molecule has 5 nitrogen and oxygen atoms in total. The molecule has 0 aliphatic carbocycles. The van der Waals surface area contributed by atoms with Crippen molar-refractivity contribution in [1.29, 1.82) is 0 Å². The lowest BCUT2D eigenvalue weighted by atomic mass is 10.1. The first kappa shape index (κ1) is 14.3. The largest absolute Gasteiger partial charge is 0.295 e. The van der Waals surface area contributed by atoms with E-state index in [4.69, 9.17) is 0 Å². The van der Waals surface area contributed by atoms with Crippen molar-refractivity contribution in [2.45, 2.75) is 27.2 Å². The number of hydrogen-bond donors (Lipinski definition) is 0. The molecule has 104 valence electrons. The number of benzene rings is 1. The number of nitrogens with zero attached hydrogens (tertiary/aromatic N) is 3. The van der Waals surface area contributed by atoms with E-state index in [1.807, 2.05) is 6.92 Å². The van der Waals surface area contributed by atoms with Crippen molar-refractivity contribution in [1.82, 2.24) is 9.36 Å². The maximum atomic E-state index is 11.9. The first-order valence-corrected chi connectivity index (χ1v) is 7.04. The van der Waals surface area contributed by atoms with Crippen LogP contribution in [0.25, 0.3) is 0 Å². The van der Waals surface area contributed by atoms with Crippen molar-refractivity contribution >= 4 is 34.0 Å². The van der Waals surface area contributed by atoms with E-state index in [1.54, 1.807) is 24.3 Å². The minimum absolute atomic E-state index is 0.0399. The number of hydrogen-bond acceptors (Lipinski definition) is 5.